The molecule has 3 aromatic carbocycles. The van der Waals surface area contributed by atoms with E-state index < -0.39 is 57.6 Å². The number of imide groups is 1. The molecule has 1 aliphatic heterocycles. The van der Waals surface area contributed by atoms with Crippen LogP contribution in [0.5, 0.6) is 0 Å². The maximum atomic E-state index is 13.8. The van der Waals surface area contributed by atoms with E-state index >= 15 is 0 Å². The summed E-state index contributed by atoms with van der Waals surface area (Å²) in [5.74, 6) is -4.46. The fourth-order valence-corrected chi connectivity index (χ4v) is 7.27. The number of rotatable bonds is 3. The number of benzene rings is 3. The molecule has 38 heavy (non-hydrogen) atoms. The Hall–Kier alpha value is -3.07. The van der Waals surface area contributed by atoms with Gasteiger partial charge in [-0.25, -0.2) is 0 Å². The SMILES string of the molecule is O=C(CN1C(=O)[C@H]2[C@H](C1=O)C1(Cl)c3ccccc3C2(Cl)c2ccccc21)Nc1cc(C(F)(F)F)ccc1Cl. The highest BCUT2D eigenvalue weighted by atomic mass is 35.5. The molecule has 0 saturated carbocycles. The van der Waals surface area contributed by atoms with Crippen LogP contribution in [0, 0.1) is 11.8 Å². The largest absolute Gasteiger partial charge is 0.416 e. The second-order valence-corrected chi connectivity index (χ2v) is 11.1. The smallest absolute Gasteiger partial charge is 0.323 e. The normalized spacial score (nSPS) is 27.2. The summed E-state index contributed by atoms with van der Waals surface area (Å²) in [7, 11) is 0. The molecule has 0 unspecified atom stereocenters. The number of likely N-dealkylation sites (tertiary alicyclic amines) is 1. The Kier molecular flexibility index (Phi) is 5.45. The van der Waals surface area contributed by atoms with E-state index in [1.807, 2.05) is 0 Å². The van der Waals surface area contributed by atoms with E-state index in [4.69, 9.17) is 34.8 Å². The maximum absolute atomic E-state index is 13.8. The Balaban J connectivity index is 1.37. The lowest BCUT2D eigenvalue weighted by Crippen LogP contribution is -2.57. The van der Waals surface area contributed by atoms with Gasteiger partial charge in [0.05, 0.1) is 28.1 Å². The number of hydrogen-bond donors (Lipinski definition) is 1. The third-order valence-electron chi connectivity index (χ3n) is 7.55. The van der Waals surface area contributed by atoms with Gasteiger partial charge in [0, 0.05) is 0 Å². The summed E-state index contributed by atoms with van der Waals surface area (Å²) >= 11 is 20.6. The Morgan fingerprint density at radius 3 is 1.71 bits per heavy atom. The second kappa shape index (κ2) is 8.21. The molecule has 2 bridgehead atoms. The van der Waals surface area contributed by atoms with Crippen LogP contribution in [0.15, 0.2) is 66.7 Å². The summed E-state index contributed by atoms with van der Waals surface area (Å²) in [5, 5.41) is 2.14. The van der Waals surface area contributed by atoms with Crippen LogP contribution in [-0.4, -0.2) is 29.2 Å². The van der Waals surface area contributed by atoms with Crippen molar-refractivity contribution < 1.29 is 27.6 Å². The van der Waals surface area contributed by atoms with E-state index in [-0.39, 0.29) is 10.7 Å². The number of carbonyl (C=O) groups is 3. The zero-order valence-corrected chi connectivity index (χ0v) is 21.4. The number of nitrogens with one attached hydrogen (secondary N) is 1. The topological polar surface area (TPSA) is 66.5 Å². The van der Waals surface area contributed by atoms with Gasteiger partial charge in [-0.2, -0.15) is 13.2 Å². The lowest BCUT2D eigenvalue weighted by Gasteiger charge is -2.54. The number of nitrogens with zero attached hydrogens (tertiary/aromatic N) is 1. The van der Waals surface area contributed by atoms with Gasteiger partial charge < -0.3 is 5.32 Å². The summed E-state index contributed by atoms with van der Waals surface area (Å²) in [6.07, 6.45) is -4.66. The van der Waals surface area contributed by atoms with Crippen molar-refractivity contribution in [2.45, 2.75) is 15.9 Å². The van der Waals surface area contributed by atoms with Crippen LogP contribution < -0.4 is 5.32 Å². The van der Waals surface area contributed by atoms with E-state index in [0.717, 1.165) is 17.0 Å². The molecular formula is C27H16Cl3F3N2O3. The fourth-order valence-electron chi connectivity index (χ4n) is 6.01. The van der Waals surface area contributed by atoms with Crippen LogP contribution >= 0.6 is 34.8 Å². The third-order valence-corrected chi connectivity index (χ3v) is 9.16. The Bertz CT molecular complexity index is 1440. The molecule has 1 fully saturated rings. The lowest BCUT2D eigenvalue weighted by atomic mass is 9.54. The summed E-state index contributed by atoms with van der Waals surface area (Å²) in [5.41, 5.74) is 1.13. The van der Waals surface area contributed by atoms with Gasteiger partial charge in [0.25, 0.3) is 0 Å². The van der Waals surface area contributed by atoms with Crippen molar-refractivity contribution in [2.24, 2.45) is 11.8 Å². The van der Waals surface area contributed by atoms with Gasteiger partial charge in [-0.05, 0) is 40.5 Å². The highest BCUT2D eigenvalue weighted by Crippen LogP contribution is 2.69. The molecule has 0 radical (unpaired) electrons. The van der Waals surface area contributed by atoms with E-state index in [1.165, 1.54) is 0 Å². The predicted octanol–water partition coefficient (Wildman–Crippen LogP) is 5.89. The molecule has 7 rings (SSSR count). The molecular weight excluding hydrogens is 564 g/mol. The van der Waals surface area contributed by atoms with E-state index in [9.17, 15) is 27.6 Å². The van der Waals surface area contributed by atoms with Crippen molar-refractivity contribution in [3.63, 3.8) is 0 Å². The minimum atomic E-state index is -4.66. The van der Waals surface area contributed by atoms with Gasteiger partial charge in [0.1, 0.15) is 16.3 Å². The number of halogens is 6. The highest BCUT2D eigenvalue weighted by Gasteiger charge is 2.73. The minimum Gasteiger partial charge on any atom is -0.323 e. The molecule has 194 valence electrons. The van der Waals surface area contributed by atoms with E-state index in [0.29, 0.717) is 28.3 Å². The zero-order chi connectivity index (χ0) is 27.2. The number of amides is 3. The van der Waals surface area contributed by atoms with Crippen LogP contribution in [0.2, 0.25) is 5.02 Å². The predicted molar refractivity (Wildman–Crippen MR) is 135 cm³/mol. The Labute approximate surface area is 229 Å². The van der Waals surface area contributed by atoms with Gasteiger partial charge in [-0.15, -0.1) is 23.2 Å². The van der Waals surface area contributed by atoms with E-state index in [2.05, 4.69) is 5.32 Å². The van der Waals surface area contributed by atoms with Crippen molar-refractivity contribution in [1.82, 2.24) is 4.90 Å². The molecule has 1 N–H and O–H groups in total. The molecule has 0 aromatic heterocycles. The average molecular weight is 580 g/mol. The van der Waals surface area contributed by atoms with Crippen molar-refractivity contribution >= 4 is 58.2 Å². The van der Waals surface area contributed by atoms with Gasteiger partial charge in [0.15, 0.2) is 0 Å². The fraction of sp³-hybridized carbons (Fsp3) is 0.222. The molecule has 1 saturated heterocycles. The second-order valence-electron chi connectivity index (χ2n) is 9.47. The first-order valence-corrected chi connectivity index (χ1v) is 12.6. The van der Waals surface area contributed by atoms with Crippen molar-refractivity contribution in [3.05, 3.63) is 99.6 Å². The molecule has 3 aromatic rings. The summed E-state index contributed by atoms with van der Waals surface area (Å²) in [6, 6.07) is 16.6. The monoisotopic (exact) mass is 578 g/mol. The number of hydrogen-bond acceptors (Lipinski definition) is 3. The van der Waals surface area contributed by atoms with Gasteiger partial charge in [-0.3, -0.25) is 19.3 Å². The first-order valence-electron chi connectivity index (χ1n) is 11.5. The first-order chi connectivity index (χ1) is 17.9. The summed E-state index contributed by atoms with van der Waals surface area (Å²) in [4.78, 5) is 38.4. The van der Waals surface area contributed by atoms with Gasteiger partial charge in [0.2, 0.25) is 17.7 Å². The molecule has 11 heteroatoms. The number of anilines is 1. The highest BCUT2D eigenvalue weighted by molar-refractivity contribution is 6.36. The summed E-state index contributed by atoms with van der Waals surface area (Å²) < 4.78 is 39.4. The third kappa shape index (κ3) is 3.23. The Morgan fingerprint density at radius 1 is 0.842 bits per heavy atom. The first kappa shape index (κ1) is 25.2. The molecule has 4 aliphatic rings. The molecule has 3 aliphatic carbocycles. The molecule has 3 amide bonds. The van der Waals surface area contributed by atoms with E-state index in [1.54, 1.807) is 48.5 Å². The maximum Gasteiger partial charge on any atom is 0.416 e. The van der Waals surface area contributed by atoms with Gasteiger partial charge >= 0.3 is 6.18 Å². The van der Waals surface area contributed by atoms with Crippen LogP contribution in [-0.2, 0) is 30.3 Å². The van der Waals surface area contributed by atoms with Crippen molar-refractivity contribution in [3.8, 4) is 0 Å². The summed E-state index contributed by atoms with van der Waals surface area (Å²) in [6.45, 7) is -0.746. The molecule has 2 atom stereocenters. The standard InChI is InChI=1S/C27H16Cl3F3N2O3/c28-18-10-9-13(27(31,32)33)11-19(18)34-20(36)12-35-23(37)21-22(24(35)38)26(30)15-6-2-1-5-14(15)25(21,29)16-7-3-4-8-17(16)26/h1-11,21-22H,12H2,(H,34,36)/t21-,22-,25?,26?/m1/s1. The quantitative estimate of drug-likeness (QED) is 0.311. The van der Waals surface area contributed by atoms with Crippen LogP contribution in [0.25, 0.3) is 0 Å². The molecule has 5 nitrogen and oxygen atoms in total. The Morgan fingerprint density at radius 2 is 1.29 bits per heavy atom. The minimum absolute atomic E-state index is 0.137. The molecule has 1 heterocycles. The van der Waals surface area contributed by atoms with Crippen molar-refractivity contribution in [2.75, 3.05) is 11.9 Å². The number of alkyl halides is 5. The zero-order valence-electron chi connectivity index (χ0n) is 19.2. The lowest BCUT2D eigenvalue weighted by molar-refractivity contribution is -0.142. The van der Waals surface area contributed by atoms with Crippen LogP contribution in [0.3, 0.4) is 0 Å². The van der Waals surface area contributed by atoms with Crippen LogP contribution in [0.4, 0.5) is 18.9 Å². The molecule has 0 spiro atoms. The van der Waals surface area contributed by atoms with Crippen molar-refractivity contribution in [1.29, 1.82) is 0 Å². The average Bonchev–Trinajstić information content (AvgIpc) is 3.14. The van der Waals surface area contributed by atoms with Gasteiger partial charge in [-0.1, -0.05) is 60.1 Å². The number of carbonyl (C=O) groups excluding carboxylic acids is 3. The van der Waals surface area contributed by atoms with Crippen LogP contribution in [0.1, 0.15) is 27.8 Å².